The molecule has 0 aliphatic carbocycles. The Balaban J connectivity index is 0.000000243. The Bertz CT molecular complexity index is 528. The first kappa shape index (κ1) is 19.5. The summed E-state index contributed by atoms with van der Waals surface area (Å²) in [6, 6.07) is -1.51. The number of nitrogens with two attached hydrogens (primary N) is 1. The van der Waals surface area contributed by atoms with Gasteiger partial charge in [-0.25, -0.2) is 14.4 Å². The van der Waals surface area contributed by atoms with Crippen molar-refractivity contribution in [2.45, 2.75) is 36.9 Å². The van der Waals surface area contributed by atoms with E-state index < -0.39 is 60.8 Å². The number of aliphatic hydroxyl groups is 4. The van der Waals surface area contributed by atoms with Crippen LogP contribution in [0.2, 0.25) is 0 Å². The molecule has 0 bridgehead atoms. The van der Waals surface area contributed by atoms with Crippen LogP contribution in [0.1, 0.15) is 0 Å². The van der Waals surface area contributed by atoms with Crippen LogP contribution in [0.4, 0.5) is 9.59 Å². The zero-order valence-electron chi connectivity index (χ0n) is 11.8. The second-order valence-corrected chi connectivity index (χ2v) is 4.66. The van der Waals surface area contributed by atoms with Gasteiger partial charge in [0, 0.05) is 0 Å². The Morgan fingerprint density at radius 2 is 1.67 bits per heavy atom. The van der Waals surface area contributed by atoms with Crippen molar-refractivity contribution in [2.75, 3.05) is 0 Å². The van der Waals surface area contributed by atoms with Gasteiger partial charge < -0.3 is 46.6 Å². The van der Waals surface area contributed by atoms with Gasteiger partial charge in [0.2, 0.25) is 0 Å². The summed E-state index contributed by atoms with van der Waals surface area (Å²) in [7, 11) is 0. The zero-order valence-corrected chi connectivity index (χ0v) is 11.8. The molecular weight excluding hydrogens is 336 g/mol. The monoisotopic (exact) mass is 352 g/mol. The molecule has 0 aromatic rings. The van der Waals surface area contributed by atoms with Crippen LogP contribution in [0.15, 0.2) is 0 Å². The number of carbonyl (C=O) groups excluding carboxylic acids is 3. The van der Waals surface area contributed by atoms with E-state index >= 15 is 0 Å². The number of nitrogens with one attached hydrogen (secondary N) is 3. The zero-order chi connectivity index (χ0) is 18.6. The SMILES string of the molecule is NC(=O)NC1NC(=O)NC1=O.O=C(O)C1OC(O)C(O)C(O)C1O. The van der Waals surface area contributed by atoms with Gasteiger partial charge in [0.05, 0.1) is 0 Å². The highest BCUT2D eigenvalue weighted by Gasteiger charge is 2.46. The predicted molar refractivity (Wildman–Crippen MR) is 69.7 cm³/mol. The number of hydrogen-bond donors (Lipinski definition) is 9. The second-order valence-electron chi connectivity index (χ2n) is 4.66. The summed E-state index contributed by atoms with van der Waals surface area (Å²) in [6.45, 7) is 0. The Kier molecular flexibility index (Phi) is 6.38. The van der Waals surface area contributed by atoms with Crippen LogP contribution in [0.25, 0.3) is 0 Å². The van der Waals surface area contributed by atoms with Crippen molar-refractivity contribution >= 4 is 23.9 Å². The highest BCUT2D eigenvalue weighted by molar-refractivity contribution is 6.05. The van der Waals surface area contributed by atoms with E-state index in [2.05, 4.69) is 10.1 Å². The molecule has 0 saturated carbocycles. The summed E-state index contributed by atoms with van der Waals surface area (Å²) in [6.07, 6.45) is -9.76. The molecule has 14 heteroatoms. The number of imide groups is 1. The summed E-state index contributed by atoms with van der Waals surface area (Å²) in [5.41, 5.74) is 4.70. The van der Waals surface area contributed by atoms with Gasteiger partial charge in [0.25, 0.3) is 5.91 Å². The van der Waals surface area contributed by atoms with Crippen molar-refractivity contribution in [3.8, 4) is 0 Å². The van der Waals surface area contributed by atoms with Gasteiger partial charge in [-0.2, -0.15) is 0 Å². The third-order valence-electron chi connectivity index (χ3n) is 2.89. The largest absolute Gasteiger partial charge is 0.479 e. The number of hydrogen-bond acceptors (Lipinski definition) is 9. The number of aliphatic hydroxyl groups excluding tert-OH is 4. The van der Waals surface area contributed by atoms with E-state index in [1.165, 1.54) is 0 Å². The lowest BCUT2D eigenvalue weighted by Gasteiger charge is -2.36. The van der Waals surface area contributed by atoms with Gasteiger partial charge in [-0.1, -0.05) is 0 Å². The molecule has 2 rings (SSSR count). The fraction of sp³-hybridized carbons (Fsp3) is 0.600. The number of amides is 5. The van der Waals surface area contributed by atoms with Crippen molar-refractivity contribution in [3.63, 3.8) is 0 Å². The lowest BCUT2D eigenvalue weighted by atomic mass is 9.99. The maximum Gasteiger partial charge on any atom is 0.335 e. The third kappa shape index (κ3) is 4.74. The number of rotatable bonds is 2. The van der Waals surface area contributed by atoms with Crippen LogP contribution in [-0.2, 0) is 14.3 Å². The number of urea groups is 2. The number of carboxylic acid groups (broad SMARTS) is 1. The molecule has 2 heterocycles. The minimum Gasteiger partial charge on any atom is -0.479 e. The quantitative estimate of drug-likeness (QED) is 0.214. The maximum absolute atomic E-state index is 10.7. The Morgan fingerprint density at radius 3 is 2.08 bits per heavy atom. The summed E-state index contributed by atoms with van der Waals surface area (Å²) in [5, 5.41) is 50.4. The highest BCUT2D eigenvalue weighted by atomic mass is 16.6. The molecule has 24 heavy (non-hydrogen) atoms. The molecule has 0 spiro atoms. The molecule has 0 aromatic carbocycles. The summed E-state index contributed by atoms with van der Waals surface area (Å²) in [5.74, 6) is -2.13. The first-order valence-corrected chi connectivity index (χ1v) is 6.32. The molecule has 2 aliphatic rings. The van der Waals surface area contributed by atoms with E-state index in [0.29, 0.717) is 0 Å². The number of aliphatic carboxylic acids is 1. The molecule has 14 nitrogen and oxygen atoms in total. The minimum atomic E-state index is -1.81. The first-order chi connectivity index (χ1) is 11.0. The average molecular weight is 352 g/mol. The summed E-state index contributed by atoms with van der Waals surface area (Å²) < 4.78 is 4.34. The Labute approximate surface area is 133 Å². The number of ether oxygens (including phenoxy) is 1. The van der Waals surface area contributed by atoms with Gasteiger partial charge in [-0.05, 0) is 0 Å². The van der Waals surface area contributed by atoms with Crippen LogP contribution in [0.3, 0.4) is 0 Å². The molecule has 0 aromatic heterocycles. The minimum absolute atomic E-state index is 0.617. The molecule has 136 valence electrons. The number of carboxylic acids is 1. The van der Waals surface area contributed by atoms with Crippen molar-refractivity contribution in [1.29, 1.82) is 0 Å². The molecule has 10 N–H and O–H groups in total. The molecule has 2 saturated heterocycles. The fourth-order valence-corrected chi connectivity index (χ4v) is 1.73. The standard InChI is InChI=1S/C6H10O7.C4H6N4O3/c7-1-2(8)4(5(10)11)13-6(12)3(1)9;5-3(10)6-1-2(9)8-4(11)7-1/h1-4,6-9,12H,(H,10,11);1H,(H3,5,6,10)(H2,7,8,9,11). The van der Waals surface area contributed by atoms with Crippen molar-refractivity contribution in [1.82, 2.24) is 16.0 Å². The van der Waals surface area contributed by atoms with E-state index in [0.717, 1.165) is 0 Å². The normalized spacial score (nSPS) is 35.2. The van der Waals surface area contributed by atoms with Gasteiger partial charge in [0.15, 0.2) is 18.6 Å². The maximum atomic E-state index is 10.7. The van der Waals surface area contributed by atoms with Crippen LogP contribution >= 0.6 is 0 Å². The molecule has 6 unspecified atom stereocenters. The van der Waals surface area contributed by atoms with Gasteiger partial charge in [0.1, 0.15) is 18.3 Å². The van der Waals surface area contributed by atoms with Crippen molar-refractivity contribution < 1.29 is 49.4 Å². The lowest BCUT2D eigenvalue weighted by Crippen LogP contribution is -2.59. The first-order valence-electron chi connectivity index (χ1n) is 6.32. The smallest absolute Gasteiger partial charge is 0.335 e. The van der Waals surface area contributed by atoms with Crippen LogP contribution in [0, 0.1) is 0 Å². The van der Waals surface area contributed by atoms with E-state index in [1.54, 1.807) is 0 Å². The van der Waals surface area contributed by atoms with Gasteiger partial charge in [-0.15, -0.1) is 0 Å². The van der Waals surface area contributed by atoms with Gasteiger partial charge in [-0.3, -0.25) is 10.1 Å². The van der Waals surface area contributed by atoms with E-state index in [-0.39, 0.29) is 0 Å². The number of carbonyl (C=O) groups is 4. The van der Waals surface area contributed by atoms with Crippen molar-refractivity contribution in [3.05, 3.63) is 0 Å². The van der Waals surface area contributed by atoms with Crippen LogP contribution in [-0.4, -0.2) is 86.3 Å². The Morgan fingerprint density at radius 1 is 1.08 bits per heavy atom. The fourth-order valence-electron chi connectivity index (χ4n) is 1.73. The average Bonchev–Trinajstić information content (AvgIpc) is 2.78. The summed E-state index contributed by atoms with van der Waals surface area (Å²) >= 11 is 0. The predicted octanol–water partition coefficient (Wildman–Crippen LogP) is -5.31. The van der Waals surface area contributed by atoms with E-state index in [4.69, 9.17) is 31.3 Å². The topological polar surface area (TPSA) is 241 Å². The lowest BCUT2D eigenvalue weighted by molar-refractivity contribution is -0.279. The highest BCUT2D eigenvalue weighted by Crippen LogP contribution is 2.19. The van der Waals surface area contributed by atoms with Crippen LogP contribution < -0.4 is 21.7 Å². The van der Waals surface area contributed by atoms with Crippen molar-refractivity contribution in [2.24, 2.45) is 5.73 Å². The second kappa shape index (κ2) is 7.84. The van der Waals surface area contributed by atoms with E-state index in [9.17, 15) is 19.2 Å². The summed E-state index contributed by atoms with van der Waals surface area (Å²) in [4.78, 5) is 41.6. The third-order valence-corrected chi connectivity index (χ3v) is 2.89. The van der Waals surface area contributed by atoms with Crippen LogP contribution in [0.5, 0.6) is 0 Å². The molecule has 6 atom stereocenters. The van der Waals surface area contributed by atoms with Gasteiger partial charge >= 0.3 is 18.0 Å². The molecule has 2 aliphatic heterocycles. The van der Waals surface area contributed by atoms with E-state index in [1.807, 2.05) is 10.6 Å². The Hall–Kier alpha value is -2.52. The number of primary amides is 1. The molecular formula is C10H16N4O10. The molecule has 2 fully saturated rings. The molecule has 0 radical (unpaired) electrons. The molecule has 5 amide bonds.